The van der Waals surface area contributed by atoms with Crippen molar-refractivity contribution in [2.45, 2.75) is 175 Å². The molecule has 1 unspecified atom stereocenters. The molecule has 0 aliphatic carbocycles. The molecule has 6 nitrogen and oxygen atoms in total. The largest absolute Gasteiger partial charge is 0.462 e. The van der Waals surface area contributed by atoms with Crippen molar-refractivity contribution in [1.29, 1.82) is 0 Å². The summed E-state index contributed by atoms with van der Waals surface area (Å²) in [5.74, 6) is -1.07. The second-order valence-electron chi connectivity index (χ2n) is 14.6. The van der Waals surface area contributed by atoms with Gasteiger partial charge < -0.3 is 14.2 Å². The number of unbranched alkanes of at least 4 members (excludes halogenated alkanes) is 10. The molecule has 0 amide bonds. The van der Waals surface area contributed by atoms with Gasteiger partial charge in [0.2, 0.25) is 0 Å². The Bertz CT molecular complexity index is 1370. The van der Waals surface area contributed by atoms with Gasteiger partial charge in [0.05, 0.1) is 0 Å². The van der Waals surface area contributed by atoms with Crippen molar-refractivity contribution in [3.63, 3.8) is 0 Å². The average molecular weight is 827 g/mol. The predicted octanol–water partition coefficient (Wildman–Crippen LogP) is 15.1. The Morgan fingerprint density at radius 1 is 0.350 bits per heavy atom. The zero-order valence-corrected chi connectivity index (χ0v) is 37.9. The minimum atomic E-state index is -0.831. The molecular weight excluding hydrogens is 745 g/mol. The molecule has 0 saturated heterocycles. The molecule has 0 aromatic rings. The number of allylic oxidation sites excluding steroid dienone is 22. The third-order valence-electron chi connectivity index (χ3n) is 9.02. The second-order valence-corrected chi connectivity index (χ2v) is 14.6. The van der Waals surface area contributed by atoms with Crippen LogP contribution >= 0.6 is 0 Å². The van der Waals surface area contributed by atoms with Crippen LogP contribution in [0.2, 0.25) is 0 Å². The van der Waals surface area contributed by atoms with Gasteiger partial charge in [0, 0.05) is 19.3 Å². The molecule has 6 heteroatoms. The number of hydrogen-bond donors (Lipinski definition) is 0. The number of ether oxygens (including phenoxy) is 3. The van der Waals surface area contributed by atoms with Crippen LogP contribution in [0.3, 0.4) is 0 Å². The molecule has 0 N–H and O–H groups in total. The van der Waals surface area contributed by atoms with E-state index in [1.165, 1.54) is 0 Å². The summed E-state index contributed by atoms with van der Waals surface area (Å²) in [5, 5.41) is 0. The van der Waals surface area contributed by atoms with Crippen molar-refractivity contribution in [1.82, 2.24) is 0 Å². The zero-order chi connectivity index (χ0) is 43.7. The fraction of sp³-hybridized carbons (Fsp3) is 0.537. The Labute approximate surface area is 366 Å². The van der Waals surface area contributed by atoms with E-state index in [9.17, 15) is 14.4 Å². The first-order chi connectivity index (χ1) is 29.5. The van der Waals surface area contributed by atoms with Crippen LogP contribution in [0.5, 0.6) is 0 Å². The summed E-state index contributed by atoms with van der Waals surface area (Å²) < 4.78 is 16.6. The van der Waals surface area contributed by atoms with E-state index in [1.807, 2.05) is 24.3 Å². The van der Waals surface area contributed by atoms with E-state index in [0.29, 0.717) is 12.8 Å². The van der Waals surface area contributed by atoms with Crippen LogP contribution in [-0.2, 0) is 28.6 Å². The number of esters is 3. The first-order valence-corrected chi connectivity index (χ1v) is 23.3. The molecule has 0 aromatic carbocycles. The molecule has 334 valence electrons. The van der Waals surface area contributed by atoms with Crippen molar-refractivity contribution in [3.05, 3.63) is 134 Å². The molecule has 0 aromatic heterocycles. The van der Waals surface area contributed by atoms with Crippen LogP contribution in [0.25, 0.3) is 0 Å². The minimum absolute atomic E-state index is 0.126. The van der Waals surface area contributed by atoms with E-state index in [4.69, 9.17) is 14.2 Å². The number of carbonyl (C=O) groups is 3. The van der Waals surface area contributed by atoms with Gasteiger partial charge >= 0.3 is 17.9 Å². The smallest absolute Gasteiger partial charge is 0.306 e. The predicted molar refractivity (Wildman–Crippen MR) is 256 cm³/mol. The lowest BCUT2D eigenvalue weighted by Gasteiger charge is -2.18. The highest BCUT2D eigenvalue weighted by molar-refractivity contribution is 5.71. The topological polar surface area (TPSA) is 78.9 Å². The summed E-state index contributed by atoms with van der Waals surface area (Å²) in [6.45, 7) is 6.12. The summed E-state index contributed by atoms with van der Waals surface area (Å²) in [5.41, 5.74) is 0. The number of hydrogen-bond acceptors (Lipinski definition) is 6. The van der Waals surface area contributed by atoms with E-state index in [2.05, 4.69) is 130 Å². The summed E-state index contributed by atoms with van der Waals surface area (Å²) in [6, 6.07) is 0. The second kappa shape index (κ2) is 47.2. The van der Waals surface area contributed by atoms with Gasteiger partial charge in [0.1, 0.15) is 13.2 Å². The van der Waals surface area contributed by atoms with Gasteiger partial charge in [0.25, 0.3) is 0 Å². The molecular formula is C54H82O6. The molecule has 0 rings (SSSR count). The van der Waals surface area contributed by atoms with Crippen molar-refractivity contribution in [2.75, 3.05) is 13.2 Å². The Morgan fingerprint density at radius 3 is 1.18 bits per heavy atom. The highest BCUT2D eigenvalue weighted by Gasteiger charge is 2.19. The van der Waals surface area contributed by atoms with Gasteiger partial charge in [-0.15, -0.1) is 0 Å². The molecule has 0 aliphatic heterocycles. The van der Waals surface area contributed by atoms with Crippen molar-refractivity contribution >= 4 is 17.9 Å². The van der Waals surface area contributed by atoms with Gasteiger partial charge in [-0.3, -0.25) is 14.4 Å². The van der Waals surface area contributed by atoms with E-state index in [1.54, 1.807) is 0 Å². The van der Waals surface area contributed by atoms with Gasteiger partial charge in [-0.1, -0.05) is 193 Å². The van der Waals surface area contributed by atoms with E-state index in [0.717, 1.165) is 122 Å². The molecule has 0 spiro atoms. The highest BCUT2D eigenvalue weighted by Crippen LogP contribution is 2.12. The van der Waals surface area contributed by atoms with E-state index >= 15 is 0 Å². The van der Waals surface area contributed by atoms with Gasteiger partial charge in [-0.05, 0) is 89.9 Å². The molecule has 0 heterocycles. The molecule has 0 saturated carbocycles. The first-order valence-electron chi connectivity index (χ1n) is 23.3. The number of rotatable bonds is 39. The average Bonchev–Trinajstić information content (AvgIpc) is 3.24. The van der Waals surface area contributed by atoms with Crippen LogP contribution in [0, 0.1) is 0 Å². The van der Waals surface area contributed by atoms with E-state index in [-0.39, 0.29) is 44.0 Å². The van der Waals surface area contributed by atoms with Crippen molar-refractivity contribution < 1.29 is 28.6 Å². The third-order valence-corrected chi connectivity index (χ3v) is 9.02. The molecule has 0 aliphatic rings. The maximum absolute atomic E-state index is 12.7. The van der Waals surface area contributed by atoms with Gasteiger partial charge in [-0.25, -0.2) is 0 Å². The van der Waals surface area contributed by atoms with Crippen molar-refractivity contribution in [2.24, 2.45) is 0 Å². The number of carbonyl (C=O) groups excluding carboxylic acids is 3. The fourth-order valence-corrected chi connectivity index (χ4v) is 5.61. The maximum atomic E-state index is 12.7. The van der Waals surface area contributed by atoms with Crippen LogP contribution < -0.4 is 0 Å². The van der Waals surface area contributed by atoms with Crippen LogP contribution in [0.4, 0.5) is 0 Å². The van der Waals surface area contributed by atoms with Crippen LogP contribution in [0.15, 0.2) is 134 Å². The fourth-order valence-electron chi connectivity index (χ4n) is 5.61. The SMILES string of the molecule is CC/C=C/C=C/C=C/CCCCCCCC(=O)OCC(COC(=O)CC/C=C/C/C=C/C/C=C/C/C=C/C/C=C/CC)OC(=O)CCCCCCC/C=C/C=C/C=C/CC. The lowest BCUT2D eigenvalue weighted by atomic mass is 10.1. The molecule has 0 bridgehead atoms. The monoisotopic (exact) mass is 827 g/mol. The lowest BCUT2D eigenvalue weighted by Crippen LogP contribution is -2.30. The van der Waals surface area contributed by atoms with Crippen LogP contribution in [-0.4, -0.2) is 37.2 Å². The van der Waals surface area contributed by atoms with Crippen molar-refractivity contribution in [3.8, 4) is 0 Å². The van der Waals surface area contributed by atoms with Gasteiger partial charge in [-0.2, -0.15) is 0 Å². The normalized spacial score (nSPS) is 13.3. The molecule has 1 atom stereocenters. The quantitative estimate of drug-likeness (QED) is 0.0202. The van der Waals surface area contributed by atoms with E-state index < -0.39 is 6.10 Å². The Balaban J connectivity index is 4.59. The molecule has 0 radical (unpaired) electrons. The summed E-state index contributed by atoms with van der Waals surface area (Å²) in [4.78, 5) is 37.8. The Morgan fingerprint density at radius 2 is 0.717 bits per heavy atom. The molecule has 60 heavy (non-hydrogen) atoms. The minimum Gasteiger partial charge on any atom is -0.462 e. The lowest BCUT2D eigenvalue weighted by molar-refractivity contribution is -0.166. The summed E-state index contributed by atoms with van der Waals surface area (Å²) in [7, 11) is 0. The molecule has 0 fully saturated rings. The summed E-state index contributed by atoms with van der Waals surface area (Å²) >= 11 is 0. The zero-order valence-electron chi connectivity index (χ0n) is 37.9. The Kier molecular flexibility index (Phi) is 43.7. The maximum Gasteiger partial charge on any atom is 0.306 e. The summed E-state index contributed by atoms with van der Waals surface area (Å²) in [6.07, 6.45) is 65.9. The van der Waals surface area contributed by atoms with Crippen LogP contribution in [0.1, 0.15) is 168 Å². The first kappa shape index (κ1) is 55.5. The standard InChI is InChI=1S/C54H82O6/c1-4-7-10-13-16-19-22-25-26-27-30-32-35-38-41-44-47-53(56)59-50-51(60-54(57)48-45-42-39-36-33-29-24-21-18-15-12-9-6-3)49-58-52(55)46-43-40-37-34-31-28-23-20-17-14-11-8-5-2/h7-12,14-21,23-26,30,32,38,41,51H,4-6,13,22,27-29,31,33-37,39-40,42-50H2,1-3H3/b10-7+,11-8+,12-9+,17-14+,18-15+,19-16+,23-20+,24-21+,26-25+,32-30+,41-38+. The van der Waals surface area contributed by atoms with Gasteiger partial charge in [0.15, 0.2) is 6.10 Å². The Hall–Kier alpha value is -4.45. The highest BCUT2D eigenvalue weighted by atomic mass is 16.6. The third kappa shape index (κ3) is 44.6.